The van der Waals surface area contributed by atoms with E-state index in [4.69, 9.17) is 16.3 Å². The third-order valence-electron chi connectivity index (χ3n) is 2.20. The molecular weight excluding hydrogens is 205 g/mol. The van der Waals surface area contributed by atoms with Gasteiger partial charge in [0, 0.05) is 12.6 Å². The predicted molar refractivity (Wildman–Crippen MR) is 53.3 cm³/mol. The van der Waals surface area contributed by atoms with Gasteiger partial charge in [0.2, 0.25) is 0 Å². The molecule has 2 rings (SSSR count). The molecule has 1 aromatic carbocycles. The van der Waals surface area contributed by atoms with Crippen LogP contribution in [0.25, 0.3) is 0 Å². The van der Waals surface area contributed by atoms with Gasteiger partial charge >= 0.3 is 0 Å². The van der Waals surface area contributed by atoms with Crippen molar-refractivity contribution >= 4 is 11.6 Å². The van der Waals surface area contributed by atoms with Crippen LogP contribution >= 0.6 is 11.6 Å². The second kappa shape index (κ2) is 4.15. The molecule has 0 aromatic heterocycles. The first-order valence-corrected chi connectivity index (χ1v) is 4.96. The zero-order chi connectivity index (χ0) is 9.97. The van der Waals surface area contributed by atoms with Crippen molar-refractivity contribution in [1.82, 2.24) is 5.32 Å². The summed E-state index contributed by atoms with van der Waals surface area (Å²) < 4.78 is 18.4. The van der Waals surface area contributed by atoms with Crippen molar-refractivity contribution in [2.24, 2.45) is 0 Å². The summed E-state index contributed by atoms with van der Waals surface area (Å²) in [6, 6.07) is 4.15. The number of benzene rings is 1. The van der Waals surface area contributed by atoms with Gasteiger partial charge in [-0.15, -0.1) is 0 Å². The Labute approximate surface area is 87.0 Å². The lowest BCUT2D eigenvalue weighted by Gasteiger charge is -2.13. The van der Waals surface area contributed by atoms with Gasteiger partial charge in [0.25, 0.3) is 0 Å². The Balaban J connectivity index is 2.10. The number of ether oxygens (including phenoxy) is 1. The van der Waals surface area contributed by atoms with E-state index in [0.29, 0.717) is 10.8 Å². The summed E-state index contributed by atoms with van der Waals surface area (Å²) in [5.74, 6) is 0.107. The summed E-state index contributed by atoms with van der Waals surface area (Å²) >= 11 is 5.86. The summed E-state index contributed by atoms with van der Waals surface area (Å²) in [6.45, 7) is 1.74. The Kier molecular flexibility index (Phi) is 2.89. The van der Waals surface area contributed by atoms with E-state index < -0.39 is 0 Å². The van der Waals surface area contributed by atoms with Crippen molar-refractivity contribution in [2.45, 2.75) is 12.5 Å². The van der Waals surface area contributed by atoms with Crippen molar-refractivity contribution in [3.63, 3.8) is 0 Å². The predicted octanol–water partition coefficient (Wildman–Crippen LogP) is 2.22. The fourth-order valence-corrected chi connectivity index (χ4v) is 1.64. The minimum absolute atomic E-state index is 0.106. The van der Waals surface area contributed by atoms with E-state index in [1.807, 2.05) is 0 Å². The van der Waals surface area contributed by atoms with Crippen molar-refractivity contribution in [2.75, 3.05) is 13.1 Å². The molecule has 1 atom stereocenters. The lowest BCUT2D eigenvalue weighted by Crippen LogP contribution is -2.19. The molecule has 1 saturated heterocycles. The molecule has 1 aliphatic rings. The highest BCUT2D eigenvalue weighted by Crippen LogP contribution is 2.26. The quantitative estimate of drug-likeness (QED) is 0.817. The lowest BCUT2D eigenvalue weighted by atomic mass is 10.3. The average molecular weight is 216 g/mol. The molecule has 2 nitrogen and oxygen atoms in total. The SMILES string of the molecule is Fc1ccc(Cl)c(OC2CCNC2)c1. The first-order chi connectivity index (χ1) is 6.75. The van der Waals surface area contributed by atoms with E-state index in [-0.39, 0.29) is 11.9 Å². The van der Waals surface area contributed by atoms with Gasteiger partial charge in [-0.3, -0.25) is 0 Å². The molecule has 4 heteroatoms. The number of halogens is 2. The molecule has 0 aliphatic carbocycles. The normalized spacial score (nSPS) is 21.1. The Bertz CT molecular complexity index is 326. The maximum atomic E-state index is 12.9. The highest BCUT2D eigenvalue weighted by Gasteiger charge is 2.17. The van der Waals surface area contributed by atoms with Crippen molar-refractivity contribution < 1.29 is 9.13 Å². The maximum Gasteiger partial charge on any atom is 0.141 e. The van der Waals surface area contributed by atoms with Gasteiger partial charge in [-0.2, -0.15) is 0 Å². The number of hydrogen-bond donors (Lipinski definition) is 1. The second-order valence-electron chi connectivity index (χ2n) is 3.31. The fraction of sp³-hybridized carbons (Fsp3) is 0.400. The standard InChI is InChI=1S/C10H11ClFNO/c11-9-2-1-7(12)5-10(9)14-8-3-4-13-6-8/h1-2,5,8,13H,3-4,6H2. The molecule has 1 unspecified atom stereocenters. The Morgan fingerprint density at radius 2 is 2.36 bits per heavy atom. The van der Waals surface area contributed by atoms with Gasteiger partial charge in [0.1, 0.15) is 17.7 Å². The van der Waals surface area contributed by atoms with Gasteiger partial charge in [0.15, 0.2) is 0 Å². The van der Waals surface area contributed by atoms with Gasteiger partial charge in [0.05, 0.1) is 5.02 Å². The minimum Gasteiger partial charge on any atom is -0.487 e. The van der Waals surface area contributed by atoms with E-state index >= 15 is 0 Å². The molecule has 1 heterocycles. The number of hydrogen-bond acceptors (Lipinski definition) is 2. The molecule has 1 aliphatic heterocycles. The second-order valence-corrected chi connectivity index (χ2v) is 3.71. The van der Waals surface area contributed by atoms with Crippen molar-refractivity contribution in [3.05, 3.63) is 29.0 Å². The van der Waals surface area contributed by atoms with Crippen LogP contribution in [0.3, 0.4) is 0 Å². The monoisotopic (exact) mass is 215 g/mol. The van der Waals surface area contributed by atoms with Crippen LogP contribution in [-0.2, 0) is 0 Å². The minimum atomic E-state index is -0.324. The van der Waals surface area contributed by atoms with Gasteiger partial charge in [-0.05, 0) is 25.1 Å². The smallest absolute Gasteiger partial charge is 0.141 e. The highest BCUT2D eigenvalue weighted by molar-refractivity contribution is 6.32. The molecule has 0 bridgehead atoms. The van der Waals surface area contributed by atoms with E-state index in [0.717, 1.165) is 19.5 Å². The average Bonchev–Trinajstić information content (AvgIpc) is 2.64. The maximum absolute atomic E-state index is 12.9. The summed E-state index contributed by atoms with van der Waals surface area (Å²) in [5, 5.41) is 3.62. The Hall–Kier alpha value is -0.800. The van der Waals surface area contributed by atoms with Crippen LogP contribution in [0.5, 0.6) is 5.75 Å². The topological polar surface area (TPSA) is 21.3 Å². The Morgan fingerprint density at radius 1 is 1.50 bits per heavy atom. The molecule has 0 radical (unpaired) electrons. The van der Waals surface area contributed by atoms with Gasteiger partial charge < -0.3 is 10.1 Å². The fourth-order valence-electron chi connectivity index (χ4n) is 1.48. The van der Waals surface area contributed by atoms with Crippen molar-refractivity contribution in [3.8, 4) is 5.75 Å². The highest BCUT2D eigenvalue weighted by atomic mass is 35.5. The zero-order valence-corrected chi connectivity index (χ0v) is 8.35. The summed E-state index contributed by atoms with van der Waals surface area (Å²) in [7, 11) is 0. The molecule has 0 amide bonds. The summed E-state index contributed by atoms with van der Waals surface area (Å²) in [5.41, 5.74) is 0. The van der Waals surface area contributed by atoms with Crippen molar-refractivity contribution in [1.29, 1.82) is 0 Å². The van der Waals surface area contributed by atoms with Crippen LogP contribution in [0.2, 0.25) is 5.02 Å². The molecule has 1 aromatic rings. The van der Waals surface area contributed by atoms with Crippen LogP contribution in [0, 0.1) is 5.82 Å². The Morgan fingerprint density at radius 3 is 3.07 bits per heavy atom. The molecule has 1 N–H and O–H groups in total. The molecule has 0 saturated carbocycles. The van der Waals surface area contributed by atoms with E-state index in [2.05, 4.69) is 5.32 Å². The number of nitrogens with one attached hydrogen (secondary N) is 1. The first kappa shape index (κ1) is 9.74. The molecular formula is C10H11ClFNO. The summed E-state index contributed by atoms with van der Waals surface area (Å²) in [6.07, 6.45) is 1.04. The third-order valence-corrected chi connectivity index (χ3v) is 2.51. The van der Waals surface area contributed by atoms with Gasteiger partial charge in [-0.1, -0.05) is 11.6 Å². The van der Waals surface area contributed by atoms with Crippen LogP contribution in [0.15, 0.2) is 18.2 Å². The third kappa shape index (κ3) is 2.16. The summed E-state index contributed by atoms with van der Waals surface area (Å²) in [4.78, 5) is 0. The van der Waals surface area contributed by atoms with E-state index in [9.17, 15) is 4.39 Å². The van der Waals surface area contributed by atoms with E-state index in [1.54, 1.807) is 0 Å². The molecule has 0 spiro atoms. The largest absolute Gasteiger partial charge is 0.487 e. The van der Waals surface area contributed by atoms with Crippen LogP contribution in [0.1, 0.15) is 6.42 Å². The molecule has 14 heavy (non-hydrogen) atoms. The van der Waals surface area contributed by atoms with Gasteiger partial charge in [-0.25, -0.2) is 4.39 Å². The molecule has 76 valence electrons. The lowest BCUT2D eigenvalue weighted by molar-refractivity contribution is 0.222. The van der Waals surface area contributed by atoms with Crippen LogP contribution in [-0.4, -0.2) is 19.2 Å². The van der Waals surface area contributed by atoms with Crippen LogP contribution < -0.4 is 10.1 Å². The van der Waals surface area contributed by atoms with E-state index in [1.165, 1.54) is 18.2 Å². The molecule has 1 fully saturated rings. The zero-order valence-electron chi connectivity index (χ0n) is 7.59. The number of rotatable bonds is 2. The first-order valence-electron chi connectivity index (χ1n) is 4.58. The van der Waals surface area contributed by atoms with Crippen LogP contribution in [0.4, 0.5) is 4.39 Å².